The highest BCUT2D eigenvalue weighted by Gasteiger charge is 2.21. The highest BCUT2D eigenvalue weighted by atomic mass is 32.2. The molecule has 0 spiro atoms. The average molecular weight is 337 g/mol. The molecule has 0 saturated heterocycles. The van der Waals surface area contributed by atoms with Crippen LogP contribution in [0.25, 0.3) is 0 Å². The van der Waals surface area contributed by atoms with Crippen LogP contribution in [0.4, 0.5) is 0 Å². The van der Waals surface area contributed by atoms with Crippen LogP contribution in [0.2, 0.25) is 0 Å². The number of hydrogen-bond donors (Lipinski definition) is 2. The molecule has 126 valence electrons. The van der Waals surface area contributed by atoms with Crippen LogP contribution in [-0.2, 0) is 16.6 Å². The lowest BCUT2D eigenvalue weighted by molar-refractivity contribution is 0.239. The minimum Gasteiger partial charge on any atom is -0.451 e. The predicted octanol–water partition coefficient (Wildman–Crippen LogP) is 1.71. The lowest BCUT2D eigenvalue weighted by atomic mass is 9.99. The van der Waals surface area contributed by atoms with Crippen LogP contribution in [0.15, 0.2) is 52.2 Å². The van der Waals surface area contributed by atoms with Crippen molar-refractivity contribution in [2.75, 3.05) is 14.1 Å². The lowest BCUT2D eigenvalue weighted by Gasteiger charge is -2.31. The van der Waals surface area contributed by atoms with Crippen molar-refractivity contribution in [2.45, 2.75) is 30.6 Å². The summed E-state index contributed by atoms with van der Waals surface area (Å²) < 4.78 is 27.4. The molecule has 2 rings (SSSR count). The van der Waals surface area contributed by atoms with E-state index in [1.54, 1.807) is 0 Å². The summed E-state index contributed by atoms with van der Waals surface area (Å²) in [6.45, 7) is 2.59. The summed E-state index contributed by atoms with van der Waals surface area (Å²) in [5.74, 6) is 0. The van der Waals surface area contributed by atoms with Gasteiger partial charge in [0.15, 0.2) is 0 Å². The quantitative estimate of drug-likeness (QED) is 0.803. The van der Waals surface area contributed by atoms with Crippen molar-refractivity contribution in [3.8, 4) is 0 Å². The van der Waals surface area contributed by atoms with E-state index < -0.39 is 10.0 Å². The fourth-order valence-electron chi connectivity index (χ4n) is 2.67. The van der Waals surface area contributed by atoms with E-state index in [1.807, 2.05) is 32.3 Å². The van der Waals surface area contributed by atoms with Gasteiger partial charge in [-0.05, 0) is 26.6 Å². The first-order valence-electron chi connectivity index (χ1n) is 7.34. The number of nitrogens with two attached hydrogens (primary N) is 1. The third kappa shape index (κ3) is 4.65. The van der Waals surface area contributed by atoms with Gasteiger partial charge >= 0.3 is 0 Å². The van der Waals surface area contributed by atoms with Crippen molar-refractivity contribution >= 4 is 10.0 Å². The molecule has 2 unspecified atom stereocenters. The first-order valence-corrected chi connectivity index (χ1v) is 8.88. The fourth-order valence-corrected chi connectivity index (χ4v) is 3.17. The second-order valence-corrected chi connectivity index (χ2v) is 7.30. The van der Waals surface area contributed by atoms with Gasteiger partial charge in [-0.2, -0.15) is 0 Å². The molecule has 1 aromatic carbocycles. The van der Waals surface area contributed by atoms with Gasteiger partial charge in [0.2, 0.25) is 5.09 Å². The van der Waals surface area contributed by atoms with Gasteiger partial charge in [0, 0.05) is 30.3 Å². The largest absolute Gasteiger partial charge is 0.451 e. The third-order valence-electron chi connectivity index (χ3n) is 3.71. The van der Waals surface area contributed by atoms with Crippen LogP contribution < -0.4 is 10.5 Å². The van der Waals surface area contributed by atoms with Crippen LogP contribution >= 0.6 is 0 Å². The van der Waals surface area contributed by atoms with Crippen molar-refractivity contribution in [1.29, 1.82) is 0 Å². The number of rotatable bonds is 7. The first-order chi connectivity index (χ1) is 10.8. The predicted molar refractivity (Wildman–Crippen MR) is 89.3 cm³/mol. The molecule has 23 heavy (non-hydrogen) atoms. The molecule has 1 heterocycles. The molecule has 0 aliphatic rings. The topological polar surface area (TPSA) is 88.6 Å². The Kier molecular flexibility index (Phi) is 5.59. The Hall–Kier alpha value is -1.67. The molecular formula is C16H23N3O3S. The number of hydrogen-bond acceptors (Lipinski definition) is 5. The zero-order valence-corrected chi connectivity index (χ0v) is 14.4. The molecule has 0 saturated carbocycles. The summed E-state index contributed by atoms with van der Waals surface area (Å²) in [7, 11) is 0.273. The molecule has 0 amide bonds. The Morgan fingerprint density at radius 1 is 1.26 bits per heavy atom. The first kappa shape index (κ1) is 17.7. The average Bonchev–Trinajstić information content (AvgIpc) is 2.95. The summed E-state index contributed by atoms with van der Waals surface area (Å²) in [5, 5.41) is 8.23. The van der Waals surface area contributed by atoms with Gasteiger partial charge in [0.1, 0.15) is 0 Å². The van der Waals surface area contributed by atoms with Crippen LogP contribution in [0.5, 0.6) is 0 Å². The van der Waals surface area contributed by atoms with E-state index >= 15 is 0 Å². The fraction of sp³-hybridized carbons (Fsp3) is 0.375. The highest BCUT2D eigenvalue weighted by Crippen LogP contribution is 2.22. The molecule has 7 heteroatoms. The van der Waals surface area contributed by atoms with Gasteiger partial charge in [-0.3, -0.25) is 0 Å². The van der Waals surface area contributed by atoms with Gasteiger partial charge < -0.3 is 14.6 Å². The normalized spacial score (nSPS) is 14.8. The second kappa shape index (κ2) is 7.27. The molecule has 0 aliphatic carbocycles. The lowest BCUT2D eigenvalue weighted by Crippen LogP contribution is -2.38. The maximum atomic E-state index is 11.2. The number of likely N-dealkylation sites (N-methyl/N-ethyl adjacent to an activating group) is 1. The summed E-state index contributed by atoms with van der Waals surface area (Å²) in [6, 6.07) is 12.0. The van der Waals surface area contributed by atoms with E-state index in [1.165, 1.54) is 17.9 Å². The summed E-state index contributed by atoms with van der Waals surface area (Å²) in [4.78, 5) is 2.15. The molecule has 2 aromatic rings. The third-order valence-corrected chi connectivity index (χ3v) is 4.48. The standard InChI is InChI=1S/C16H23N3O3S/c1-12(16(19(2)3)14-7-5-4-6-8-14)18-10-13-9-15(22-11-13)23(17,20)21/h4-9,11-12,16,18H,10H2,1-3H3,(H2,17,20,21). The number of sulfonamides is 1. The van der Waals surface area contributed by atoms with Gasteiger partial charge in [-0.1, -0.05) is 30.3 Å². The van der Waals surface area contributed by atoms with Crippen LogP contribution in [0.3, 0.4) is 0 Å². The van der Waals surface area contributed by atoms with E-state index in [9.17, 15) is 8.42 Å². The molecule has 3 N–H and O–H groups in total. The second-order valence-electron chi connectivity index (χ2n) is 5.81. The molecule has 1 aromatic heterocycles. The smallest absolute Gasteiger partial charge is 0.271 e. The van der Waals surface area contributed by atoms with Crippen molar-refractivity contribution in [3.05, 3.63) is 53.8 Å². The van der Waals surface area contributed by atoms with Crippen LogP contribution in [0, 0.1) is 0 Å². The number of furan rings is 1. The van der Waals surface area contributed by atoms with Crippen molar-refractivity contribution in [3.63, 3.8) is 0 Å². The van der Waals surface area contributed by atoms with E-state index in [0.717, 1.165) is 5.56 Å². The van der Waals surface area contributed by atoms with Gasteiger partial charge in [0.05, 0.1) is 6.26 Å². The minimum atomic E-state index is -3.80. The monoisotopic (exact) mass is 337 g/mol. The maximum Gasteiger partial charge on any atom is 0.271 e. The van der Waals surface area contributed by atoms with Crippen LogP contribution in [-0.4, -0.2) is 33.5 Å². The molecule has 0 aliphatic heterocycles. The van der Waals surface area contributed by atoms with Crippen molar-refractivity contribution < 1.29 is 12.8 Å². The van der Waals surface area contributed by atoms with Gasteiger partial charge in [0.25, 0.3) is 10.0 Å². The minimum absolute atomic E-state index is 0.153. The van der Waals surface area contributed by atoms with E-state index in [-0.39, 0.29) is 17.2 Å². The molecule has 6 nitrogen and oxygen atoms in total. The zero-order valence-electron chi connectivity index (χ0n) is 13.6. The SMILES string of the molecule is CC(NCc1coc(S(N)(=O)=O)c1)C(c1ccccc1)N(C)C. The van der Waals surface area contributed by atoms with E-state index in [2.05, 4.69) is 29.3 Å². The number of benzene rings is 1. The number of nitrogens with one attached hydrogen (secondary N) is 1. The van der Waals surface area contributed by atoms with Gasteiger partial charge in [-0.25, -0.2) is 13.6 Å². The Morgan fingerprint density at radius 3 is 2.43 bits per heavy atom. The highest BCUT2D eigenvalue weighted by molar-refractivity contribution is 7.89. The number of primary sulfonamides is 1. The summed E-state index contributed by atoms with van der Waals surface area (Å²) in [6.07, 6.45) is 1.41. The van der Waals surface area contributed by atoms with Crippen LogP contribution in [0.1, 0.15) is 24.1 Å². The molecule has 0 bridgehead atoms. The Morgan fingerprint density at radius 2 is 1.91 bits per heavy atom. The zero-order chi connectivity index (χ0) is 17.0. The van der Waals surface area contributed by atoms with E-state index in [0.29, 0.717) is 6.54 Å². The Labute approximate surface area is 137 Å². The summed E-state index contributed by atoms with van der Waals surface area (Å²) in [5.41, 5.74) is 1.96. The maximum absolute atomic E-state index is 11.2. The van der Waals surface area contributed by atoms with E-state index in [4.69, 9.17) is 9.56 Å². The molecule has 2 atom stereocenters. The van der Waals surface area contributed by atoms with Crippen molar-refractivity contribution in [2.24, 2.45) is 5.14 Å². The number of nitrogens with zero attached hydrogens (tertiary/aromatic N) is 1. The Bertz CT molecular complexity index is 726. The van der Waals surface area contributed by atoms with Crippen molar-refractivity contribution in [1.82, 2.24) is 10.2 Å². The summed E-state index contributed by atoms with van der Waals surface area (Å²) >= 11 is 0. The molecule has 0 fully saturated rings. The Balaban J connectivity index is 2.05. The molecule has 0 radical (unpaired) electrons. The molecular weight excluding hydrogens is 314 g/mol. The van der Waals surface area contributed by atoms with Gasteiger partial charge in [-0.15, -0.1) is 0 Å².